The average Bonchev–Trinajstić information content (AvgIpc) is 2.76. The molecular formula is C12H18N4O. The Morgan fingerprint density at radius 3 is 3.18 bits per heavy atom. The van der Waals surface area contributed by atoms with Crippen LogP contribution in [0.25, 0.3) is 10.9 Å². The summed E-state index contributed by atoms with van der Waals surface area (Å²) in [5, 5.41) is 11.2. The van der Waals surface area contributed by atoms with Gasteiger partial charge in [0, 0.05) is 25.1 Å². The largest absolute Gasteiger partial charge is 0.397 e. The summed E-state index contributed by atoms with van der Waals surface area (Å²) >= 11 is 0. The third-order valence-corrected chi connectivity index (χ3v) is 2.60. The fraction of sp³-hybridized carbons (Fsp3) is 0.417. The Morgan fingerprint density at radius 2 is 2.35 bits per heavy atom. The van der Waals surface area contributed by atoms with Gasteiger partial charge in [-0.1, -0.05) is 0 Å². The predicted molar refractivity (Wildman–Crippen MR) is 70.1 cm³/mol. The summed E-state index contributed by atoms with van der Waals surface area (Å²) in [4.78, 5) is 0. The second kappa shape index (κ2) is 5.54. The minimum atomic E-state index is 0.746. The monoisotopic (exact) mass is 234 g/mol. The van der Waals surface area contributed by atoms with Gasteiger partial charge in [-0.2, -0.15) is 5.10 Å². The van der Waals surface area contributed by atoms with Crippen molar-refractivity contribution in [2.45, 2.75) is 13.3 Å². The minimum Gasteiger partial charge on any atom is -0.397 e. The quantitative estimate of drug-likeness (QED) is 0.527. The molecule has 0 aliphatic carbocycles. The molecule has 0 saturated heterocycles. The molecule has 17 heavy (non-hydrogen) atoms. The summed E-state index contributed by atoms with van der Waals surface area (Å²) in [6, 6.07) is 3.90. The molecule has 4 N–H and O–H groups in total. The summed E-state index contributed by atoms with van der Waals surface area (Å²) in [7, 11) is 0. The van der Waals surface area contributed by atoms with Gasteiger partial charge < -0.3 is 15.8 Å². The van der Waals surface area contributed by atoms with E-state index in [-0.39, 0.29) is 0 Å². The Morgan fingerprint density at radius 1 is 1.47 bits per heavy atom. The lowest BCUT2D eigenvalue weighted by Gasteiger charge is -2.09. The van der Waals surface area contributed by atoms with Crippen LogP contribution in [0.15, 0.2) is 18.3 Å². The number of nitrogens with two attached hydrogens (primary N) is 1. The van der Waals surface area contributed by atoms with E-state index in [0.717, 1.165) is 48.5 Å². The van der Waals surface area contributed by atoms with Gasteiger partial charge in [-0.05, 0) is 25.5 Å². The molecule has 1 aromatic heterocycles. The molecule has 5 nitrogen and oxygen atoms in total. The highest BCUT2D eigenvalue weighted by molar-refractivity contribution is 5.88. The zero-order chi connectivity index (χ0) is 12.1. The summed E-state index contributed by atoms with van der Waals surface area (Å²) in [6.07, 6.45) is 2.73. The molecule has 0 unspecified atom stereocenters. The fourth-order valence-electron chi connectivity index (χ4n) is 1.70. The van der Waals surface area contributed by atoms with E-state index in [4.69, 9.17) is 10.5 Å². The van der Waals surface area contributed by atoms with Crippen LogP contribution in [0, 0.1) is 0 Å². The standard InChI is InChI=1S/C12H18N4O/c1-2-17-5-3-4-14-12-7-11-9(6-10(12)13)8-15-16-11/h6-8,14H,2-5,13H2,1H3,(H,15,16). The number of nitrogens with one attached hydrogen (secondary N) is 2. The van der Waals surface area contributed by atoms with Crippen LogP contribution in [0.1, 0.15) is 13.3 Å². The number of ether oxygens (including phenoxy) is 1. The van der Waals surface area contributed by atoms with Crippen LogP contribution in [-0.2, 0) is 4.74 Å². The average molecular weight is 234 g/mol. The van der Waals surface area contributed by atoms with E-state index in [1.165, 1.54) is 0 Å². The van der Waals surface area contributed by atoms with Gasteiger partial charge in [-0.15, -0.1) is 0 Å². The Labute approximate surface area is 100 Å². The van der Waals surface area contributed by atoms with E-state index < -0.39 is 0 Å². The van der Waals surface area contributed by atoms with Crippen LogP contribution in [-0.4, -0.2) is 30.0 Å². The second-order valence-corrected chi connectivity index (χ2v) is 3.87. The smallest absolute Gasteiger partial charge is 0.0672 e. The van der Waals surface area contributed by atoms with Gasteiger partial charge in [0.2, 0.25) is 0 Å². The number of benzene rings is 1. The molecule has 1 heterocycles. The van der Waals surface area contributed by atoms with Crippen molar-refractivity contribution in [2.24, 2.45) is 0 Å². The lowest BCUT2D eigenvalue weighted by Crippen LogP contribution is -2.07. The van der Waals surface area contributed by atoms with Crippen molar-refractivity contribution in [1.29, 1.82) is 0 Å². The Kier molecular flexibility index (Phi) is 3.82. The third kappa shape index (κ3) is 2.88. The highest BCUT2D eigenvalue weighted by atomic mass is 16.5. The molecule has 0 fully saturated rings. The van der Waals surface area contributed by atoms with Crippen LogP contribution < -0.4 is 11.1 Å². The molecule has 2 rings (SSSR count). The Hall–Kier alpha value is -1.75. The van der Waals surface area contributed by atoms with Gasteiger partial charge in [-0.25, -0.2) is 0 Å². The number of H-pyrrole nitrogens is 1. The number of aromatic nitrogens is 2. The first kappa shape index (κ1) is 11.7. The minimum absolute atomic E-state index is 0.746. The van der Waals surface area contributed by atoms with Crippen LogP contribution in [0.2, 0.25) is 0 Å². The zero-order valence-corrected chi connectivity index (χ0v) is 9.99. The normalized spacial score (nSPS) is 10.9. The van der Waals surface area contributed by atoms with Crippen LogP contribution >= 0.6 is 0 Å². The molecule has 0 bridgehead atoms. The predicted octanol–water partition coefficient (Wildman–Crippen LogP) is 1.98. The molecule has 1 aromatic carbocycles. The van der Waals surface area contributed by atoms with E-state index in [0.29, 0.717) is 0 Å². The SMILES string of the molecule is CCOCCCNc1cc2[nH]ncc2cc1N. The van der Waals surface area contributed by atoms with Crippen LogP contribution in [0.4, 0.5) is 11.4 Å². The number of nitrogens with zero attached hydrogens (tertiary/aromatic N) is 1. The topological polar surface area (TPSA) is 76.0 Å². The van der Waals surface area contributed by atoms with Crippen molar-refractivity contribution in [1.82, 2.24) is 10.2 Å². The maximum absolute atomic E-state index is 5.95. The zero-order valence-electron chi connectivity index (χ0n) is 9.99. The maximum atomic E-state index is 5.95. The number of nitrogen functional groups attached to an aromatic ring is 1. The molecule has 0 amide bonds. The molecule has 0 aliphatic rings. The number of hydrogen-bond donors (Lipinski definition) is 3. The van der Waals surface area contributed by atoms with E-state index >= 15 is 0 Å². The maximum Gasteiger partial charge on any atom is 0.0672 e. The van der Waals surface area contributed by atoms with E-state index in [9.17, 15) is 0 Å². The molecular weight excluding hydrogens is 216 g/mol. The first-order valence-corrected chi connectivity index (χ1v) is 5.85. The Bertz CT molecular complexity index is 480. The molecule has 0 saturated carbocycles. The van der Waals surface area contributed by atoms with Crippen molar-refractivity contribution >= 4 is 22.3 Å². The van der Waals surface area contributed by atoms with Gasteiger partial charge in [0.25, 0.3) is 0 Å². The van der Waals surface area contributed by atoms with Crippen LogP contribution in [0.5, 0.6) is 0 Å². The molecule has 92 valence electrons. The summed E-state index contributed by atoms with van der Waals surface area (Å²) in [6.45, 7) is 4.39. The van der Waals surface area contributed by atoms with E-state index in [1.807, 2.05) is 19.1 Å². The van der Waals surface area contributed by atoms with Crippen molar-refractivity contribution < 1.29 is 4.74 Å². The van der Waals surface area contributed by atoms with E-state index in [1.54, 1.807) is 6.20 Å². The van der Waals surface area contributed by atoms with Crippen molar-refractivity contribution in [3.63, 3.8) is 0 Å². The first-order chi connectivity index (χ1) is 8.31. The highest BCUT2D eigenvalue weighted by Crippen LogP contribution is 2.24. The van der Waals surface area contributed by atoms with Gasteiger partial charge in [0.15, 0.2) is 0 Å². The number of anilines is 2. The third-order valence-electron chi connectivity index (χ3n) is 2.60. The van der Waals surface area contributed by atoms with Gasteiger partial charge >= 0.3 is 0 Å². The number of fused-ring (bicyclic) bond motifs is 1. The molecule has 0 aliphatic heterocycles. The van der Waals surface area contributed by atoms with Gasteiger partial charge in [0.1, 0.15) is 0 Å². The fourth-order valence-corrected chi connectivity index (χ4v) is 1.70. The number of aromatic amines is 1. The first-order valence-electron chi connectivity index (χ1n) is 5.85. The molecule has 0 atom stereocenters. The summed E-state index contributed by atoms with van der Waals surface area (Å²) in [5.74, 6) is 0. The van der Waals surface area contributed by atoms with Gasteiger partial charge in [-0.3, -0.25) is 5.10 Å². The Balaban J connectivity index is 1.95. The van der Waals surface area contributed by atoms with E-state index in [2.05, 4.69) is 15.5 Å². The lowest BCUT2D eigenvalue weighted by atomic mass is 10.2. The van der Waals surface area contributed by atoms with Gasteiger partial charge in [0.05, 0.1) is 23.1 Å². The molecule has 0 spiro atoms. The summed E-state index contributed by atoms with van der Waals surface area (Å²) < 4.78 is 5.27. The number of hydrogen-bond acceptors (Lipinski definition) is 4. The molecule has 5 heteroatoms. The van der Waals surface area contributed by atoms with Crippen molar-refractivity contribution in [3.8, 4) is 0 Å². The highest BCUT2D eigenvalue weighted by Gasteiger charge is 2.02. The molecule has 0 radical (unpaired) electrons. The molecule has 2 aromatic rings. The van der Waals surface area contributed by atoms with Crippen LogP contribution in [0.3, 0.4) is 0 Å². The second-order valence-electron chi connectivity index (χ2n) is 3.87. The van der Waals surface area contributed by atoms with Crippen molar-refractivity contribution in [3.05, 3.63) is 18.3 Å². The summed E-state index contributed by atoms with van der Waals surface area (Å²) in [5.41, 5.74) is 8.63. The lowest BCUT2D eigenvalue weighted by molar-refractivity contribution is 0.147. The van der Waals surface area contributed by atoms with Crippen molar-refractivity contribution in [2.75, 3.05) is 30.8 Å². The number of rotatable bonds is 6.